The lowest BCUT2D eigenvalue weighted by atomic mass is 9.99. The van der Waals surface area contributed by atoms with Crippen molar-refractivity contribution in [1.29, 1.82) is 0 Å². The third kappa shape index (κ3) is 2.79. The van der Waals surface area contributed by atoms with Gasteiger partial charge in [0, 0.05) is 35.3 Å². The zero-order valence-corrected chi connectivity index (χ0v) is 11.6. The van der Waals surface area contributed by atoms with Gasteiger partial charge in [-0.2, -0.15) is 5.10 Å². The van der Waals surface area contributed by atoms with Gasteiger partial charge >= 0.3 is 5.97 Å². The zero-order chi connectivity index (χ0) is 14.0. The van der Waals surface area contributed by atoms with Crippen molar-refractivity contribution in [2.75, 3.05) is 0 Å². The fourth-order valence-corrected chi connectivity index (χ4v) is 2.22. The van der Waals surface area contributed by atoms with E-state index in [1.807, 2.05) is 31.3 Å². The molecule has 5 heteroatoms. The first-order valence-corrected chi connectivity index (χ1v) is 6.37. The Hall–Kier alpha value is -1.81. The molecule has 1 atom stereocenters. The van der Waals surface area contributed by atoms with E-state index < -0.39 is 11.9 Å². The summed E-state index contributed by atoms with van der Waals surface area (Å²) in [5.74, 6) is -1.28. The van der Waals surface area contributed by atoms with Crippen molar-refractivity contribution in [3.8, 4) is 11.1 Å². The summed E-state index contributed by atoms with van der Waals surface area (Å²) in [7, 11) is 1.81. The molecule has 0 aliphatic rings. The van der Waals surface area contributed by atoms with Crippen LogP contribution < -0.4 is 0 Å². The molecule has 1 N–H and O–H groups in total. The van der Waals surface area contributed by atoms with E-state index >= 15 is 0 Å². The average molecular weight is 279 g/mol. The lowest BCUT2D eigenvalue weighted by Gasteiger charge is -2.10. The van der Waals surface area contributed by atoms with E-state index in [9.17, 15) is 4.79 Å². The molecule has 0 saturated carbocycles. The topological polar surface area (TPSA) is 55.1 Å². The van der Waals surface area contributed by atoms with Gasteiger partial charge in [-0.15, -0.1) is 0 Å². The van der Waals surface area contributed by atoms with Gasteiger partial charge in [-0.3, -0.25) is 9.48 Å². The third-order valence-electron chi connectivity index (χ3n) is 3.15. The largest absolute Gasteiger partial charge is 0.481 e. The molecule has 0 aliphatic carbocycles. The van der Waals surface area contributed by atoms with Gasteiger partial charge in [-0.25, -0.2) is 0 Å². The van der Waals surface area contributed by atoms with Crippen molar-refractivity contribution in [2.24, 2.45) is 13.0 Å². The van der Waals surface area contributed by atoms with Crippen molar-refractivity contribution < 1.29 is 9.90 Å². The molecular formula is C14H15ClN2O2. The molecule has 19 heavy (non-hydrogen) atoms. The molecule has 1 unspecified atom stereocenters. The van der Waals surface area contributed by atoms with Crippen molar-refractivity contribution in [3.63, 3.8) is 0 Å². The monoisotopic (exact) mass is 278 g/mol. The van der Waals surface area contributed by atoms with Crippen LogP contribution in [0.3, 0.4) is 0 Å². The minimum Gasteiger partial charge on any atom is -0.481 e. The van der Waals surface area contributed by atoms with Gasteiger partial charge in [0.25, 0.3) is 0 Å². The Morgan fingerprint density at radius 2 is 2.11 bits per heavy atom. The molecule has 1 aromatic heterocycles. The van der Waals surface area contributed by atoms with Crippen molar-refractivity contribution in [1.82, 2.24) is 9.78 Å². The predicted molar refractivity (Wildman–Crippen MR) is 74.2 cm³/mol. The zero-order valence-electron chi connectivity index (χ0n) is 10.8. The first kappa shape index (κ1) is 13.6. The molecule has 0 spiro atoms. The standard InChI is InChI=1S/C14H15ClN2O2/c1-9(14(18)19)7-13-11(8-16-17(13)2)10-5-3-4-6-12(10)15/h3-6,8-9H,7H2,1-2H3,(H,18,19). The molecule has 0 radical (unpaired) electrons. The Kier molecular flexibility index (Phi) is 3.90. The highest BCUT2D eigenvalue weighted by atomic mass is 35.5. The van der Waals surface area contributed by atoms with E-state index in [-0.39, 0.29) is 0 Å². The number of hydrogen-bond acceptors (Lipinski definition) is 2. The summed E-state index contributed by atoms with van der Waals surface area (Å²) in [4.78, 5) is 11.0. The summed E-state index contributed by atoms with van der Waals surface area (Å²) in [6.45, 7) is 1.69. The predicted octanol–water partition coefficient (Wildman–Crippen LogP) is 3.00. The second-order valence-electron chi connectivity index (χ2n) is 4.55. The molecule has 0 fully saturated rings. The lowest BCUT2D eigenvalue weighted by Crippen LogP contribution is -2.15. The number of aromatic nitrogens is 2. The Bertz CT molecular complexity index is 607. The molecule has 4 nitrogen and oxygen atoms in total. The Morgan fingerprint density at radius 1 is 1.42 bits per heavy atom. The average Bonchev–Trinajstić information content (AvgIpc) is 2.72. The fourth-order valence-electron chi connectivity index (χ4n) is 1.99. The number of benzene rings is 1. The van der Waals surface area contributed by atoms with Gasteiger partial charge in [0.15, 0.2) is 0 Å². The number of carboxylic acid groups (broad SMARTS) is 1. The van der Waals surface area contributed by atoms with E-state index in [0.717, 1.165) is 16.8 Å². The molecule has 1 heterocycles. The Morgan fingerprint density at radius 3 is 2.74 bits per heavy atom. The van der Waals surface area contributed by atoms with E-state index in [1.54, 1.807) is 17.8 Å². The molecule has 2 rings (SSSR count). The number of halogens is 1. The second kappa shape index (κ2) is 5.45. The minimum absolute atomic E-state index is 0.423. The quantitative estimate of drug-likeness (QED) is 0.935. The summed E-state index contributed by atoms with van der Waals surface area (Å²) in [5, 5.41) is 13.9. The van der Waals surface area contributed by atoms with Crippen LogP contribution in [0.2, 0.25) is 5.02 Å². The second-order valence-corrected chi connectivity index (χ2v) is 4.96. The number of nitrogens with zero attached hydrogens (tertiary/aromatic N) is 2. The molecule has 0 aliphatic heterocycles. The summed E-state index contributed by atoms with van der Waals surface area (Å²) in [6.07, 6.45) is 2.15. The van der Waals surface area contributed by atoms with Gasteiger partial charge < -0.3 is 5.11 Å². The first-order chi connectivity index (χ1) is 9.00. The minimum atomic E-state index is -0.814. The van der Waals surface area contributed by atoms with Crippen LogP contribution in [-0.4, -0.2) is 20.9 Å². The third-order valence-corrected chi connectivity index (χ3v) is 3.48. The maximum atomic E-state index is 11.0. The fraction of sp³-hybridized carbons (Fsp3) is 0.286. The van der Waals surface area contributed by atoms with Crippen LogP contribution in [0.25, 0.3) is 11.1 Å². The highest BCUT2D eigenvalue weighted by Gasteiger charge is 2.19. The number of carbonyl (C=O) groups is 1. The molecular weight excluding hydrogens is 264 g/mol. The van der Waals surface area contributed by atoms with Crippen molar-refractivity contribution in [2.45, 2.75) is 13.3 Å². The highest BCUT2D eigenvalue weighted by Crippen LogP contribution is 2.31. The summed E-state index contributed by atoms with van der Waals surface area (Å²) < 4.78 is 1.71. The van der Waals surface area contributed by atoms with Gasteiger partial charge in [0.05, 0.1) is 12.1 Å². The number of hydrogen-bond donors (Lipinski definition) is 1. The number of aliphatic carboxylic acids is 1. The molecule has 100 valence electrons. The summed E-state index contributed by atoms with van der Waals surface area (Å²) in [6, 6.07) is 7.49. The molecule has 0 bridgehead atoms. The molecule has 1 aromatic carbocycles. The van der Waals surface area contributed by atoms with Gasteiger partial charge in [0.2, 0.25) is 0 Å². The maximum Gasteiger partial charge on any atom is 0.306 e. The van der Waals surface area contributed by atoms with Crippen LogP contribution in [0.4, 0.5) is 0 Å². The van der Waals surface area contributed by atoms with Crippen LogP contribution >= 0.6 is 11.6 Å². The van der Waals surface area contributed by atoms with Crippen molar-refractivity contribution >= 4 is 17.6 Å². The Labute approximate surface area is 116 Å². The first-order valence-electron chi connectivity index (χ1n) is 5.99. The lowest BCUT2D eigenvalue weighted by molar-refractivity contribution is -0.141. The molecule has 0 amide bonds. The van der Waals surface area contributed by atoms with Crippen LogP contribution in [-0.2, 0) is 18.3 Å². The maximum absolute atomic E-state index is 11.0. The van der Waals surface area contributed by atoms with Crippen LogP contribution in [0.15, 0.2) is 30.5 Å². The van der Waals surface area contributed by atoms with Gasteiger partial charge in [-0.05, 0) is 6.07 Å². The number of carboxylic acids is 1. The normalized spacial score (nSPS) is 12.4. The molecule has 2 aromatic rings. The van der Waals surface area contributed by atoms with Gasteiger partial charge in [-0.1, -0.05) is 36.7 Å². The van der Waals surface area contributed by atoms with E-state index in [2.05, 4.69) is 5.10 Å². The van der Waals surface area contributed by atoms with Crippen LogP contribution in [0, 0.1) is 5.92 Å². The summed E-state index contributed by atoms with van der Waals surface area (Å²) >= 11 is 6.19. The van der Waals surface area contributed by atoms with E-state index in [0.29, 0.717) is 11.4 Å². The number of rotatable bonds is 4. The van der Waals surface area contributed by atoms with Crippen LogP contribution in [0.5, 0.6) is 0 Å². The molecule has 0 saturated heterocycles. The Balaban J connectivity index is 2.43. The van der Waals surface area contributed by atoms with Crippen LogP contribution in [0.1, 0.15) is 12.6 Å². The van der Waals surface area contributed by atoms with Crippen molar-refractivity contribution in [3.05, 3.63) is 41.2 Å². The van der Waals surface area contributed by atoms with Gasteiger partial charge in [0.1, 0.15) is 0 Å². The number of aryl methyl sites for hydroxylation is 1. The smallest absolute Gasteiger partial charge is 0.306 e. The SMILES string of the molecule is CC(Cc1c(-c2ccccc2Cl)cnn1C)C(=O)O. The summed E-state index contributed by atoms with van der Waals surface area (Å²) in [5.41, 5.74) is 2.65. The van der Waals surface area contributed by atoms with E-state index in [1.165, 1.54) is 0 Å². The van der Waals surface area contributed by atoms with E-state index in [4.69, 9.17) is 16.7 Å². The highest BCUT2D eigenvalue weighted by molar-refractivity contribution is 6.33.